The van der Waals surface area contributed by atoms with Gasteiger partial charge >= 0.3 is 0 Å². The first kappa shape index (κ1) is 14.4. The van der Waals surface area contributed by atoms with Gasteiger partial charge in [0.25, 0.3) is 0 Å². The van der Waals surface area contributed by atoms with E-state index >= 15 is 0 Å². The summed E-state index contributed by atoms with van der Waals surface area (Å²) in [5.41, 5.74) is 7.19. The molecule has 1 heterocycles. The molecule has 0 aliphatic heterocycles. The summed E-state index contributed by atoms with van der Waals surface area (Å²) in [5.74, 6) is 0.392. The number of aromatic nitrogens is 2. The van der Waals surface area contributed by atoms with Gasteiger partial charge in [0.2, 0.25) is 0 Å². The molecule has 98 valence electrons. The van der Waals surface area contributed by atoms with Crippen molar-refractivity contribution < 1.29 is 4.21 Å². The molecule has 5 heteroatoms. The average molecular weight is 257 g/mol. The first-order valence-corrected chi connectivity index (χ1v) is 7.63. The largest absolute Gasteiger partial charge is 0.333 e. The molecular formula is C12H23N3OS. The van der Waals surface area contributed by atoms with Crippen molar-refractivity contribution in [3.05, 3.63) is 18.2 Å². The molecule has 0 aliphatic rings. The van der Waals surface area contributed by atoms with Crippen molar-refractivity contribution in [3.63, 3.8) is 0 Å². The summed E-state index contributed by atoms with van der Waals surface area (Å²) < 4.78 is 13.4. The first-order chi connectivity index (χ1) is 7.93. The van der Waals surface area contributed by atoms with E-state index in [4.69, 9.17) is 5.73 Å². The molecule has 0 saturated heterocycles. The lowest BCUT2D eigenvalue weighted by Gasteiger charge is -2.18. The third-order valence-electron chi connectivity index (χ3n) is 3.15. The van der Waals surface area contributed by atoms with Crippen molar-refractivity contribution >= 4 is 10.8 Å². The maximum atomic E-state index is 11.3. The number of imidazole rings is 1. The Labute approximate surface area is 106 Å². The number of rotatable bonds is 6. The number of nitrogens with zero attached hydrogens (tertiary/aromatic N) is 2. The van der Waals surface area contributed by atoms with Gasteiger partial charge in [-0.3, -0.25) is 4.21 Å². The molecule has 0 aromatic carbocycles. The molecule has 17 heavy (non-hydrogen) atoms. The van der Waals surface area contributed by atoms with Gasteiger partial charge in [0.05, 0.1) is 12.0 Å². The Morgan fingerprint density at radius 2 is 2.12 bits per heavy atom. The minimum absolute atomic E-state index is 0.0138. The molecule has 0 aliphatic carbocycles. The van der Waals surface area contributed by atoms with E-state index in [-0.39, 0.29) is 11.3 Å². The lowest BCUT2D eigenvalue weighted by molar-refractivity contribution is 0.472. The van der Waals surface area contributed by atoms with Crippen LogP contribution < -0.4 is 5.73 Å². The number of hydrogen-bond donors (Lipinski definition) is 1. The van der Waals surface area contributed by atoms with E-state index in [0.717, 1.165) is 18.7 Å². The maximum absolute atomic E-state index is 11.3. The highest BCUT2D eigenvalue weighted by molar-refractivity contribution is 7.84. The second kappa shape index (κ2) is 6.31. The number of aryl methyl sites for hydroxylation is 1. The molecule has 0 radical (unpaired) electrons. The topological polar surface area (TPSA) is 60.9 Å². The lowest BCUT2D eigenvalue weighted by Crippen LogP contribution is -2.21. The van der Waals surface area contributed by atoms with Gasteiger partial charge in [0, 0.05) is 41.1 Å². The van der Waals surface area contributed by atoms with E-state index in [1.807, 2.05) is 19.4 Å². The van der Waals surface area contributed by atoms with Crippen LogP contribution in [0.3, 0.4) is 0 Å². The molecule has 0 saturated carbocycles. The van der Waals surface area contributed by atoms with Gasteiger partial charge in [-0.2, -0.15) is 0 Å². The summed E-state index contributed by atoms with van der Waals surface area (Å²) in [6, 6.07) is 0.0138. The summed E-state index contributed by atoms with van der Waals surface area (Å²) in [6.45, 7) is 7.04. The number of hydrogen-bond acceptors (Lipinski definition) is 3. The SMILES string of the molecule is CC(C)C(N)c1cncn1CCC(C)S(C)=O. The third-order valence-corrected chi connectivity index (χ3v) is 4.52. The molecular weight excluding hydrogens is 234 g/mol. The van der Waals surface area contributed by atoms with E-state index in [1.54, 1.807) is 6.26 Å². The molecule has 1 rings (SSSR count). The zero-order chi connectivity index (χ0) is 13.0. The molecule has 0 fully saturated rings. The van der Waals surface area contributed by atoms with Crippen LogP contribution in [0.1, 0.15) is 38.9 Å². The molecule has 1 aromatic rings. The van der Waals surface area contributed by atoms with Crippen LogP contribution in [0.15, 0.2) is 12.5 Å². The van der Waals surface area contributed by atoms with Crippen molar-refractivity contribution in [1.29, 1.82) is 0 Å². The van der Waals surface area contributed by atoms with Crippen LogP contribution in [0.25, 0.3) is 0 Å². The Kier molecular flexibility index (Phi) is 5.33. The van der Waals surface area contributed by atoms with Crippen LogP contribution in [0, 0.1) is 5.92 Å². The van der Waals surface area contributed by atoms with Gasteiger partial charge in [-0.15, -0.1) is 0 Å². The lowest BCUT2D eigenvalue weighted by atomic mass is 10.0. The monoisotopic (exact) mass is 257 g/mol. The molecule has 0 amide bonds. The van der Waals surface area contributed by atoms with Crippen LogP contribution in [-0.4, -0.2) is 25.3 Å². The first-order valence-electron chi connectivity index (χ1n) is 6.01. The zero-order valence-electron chi connectivity index (χ0n) is 11.1. The van der Waals surface area contributed by atoms with Gasteiger partial charge in [-0.05, 0) is 12.3 Å². The third kappa shape index (κ3) is 3.92. The fourth-order valence-electron chi connectivity index (χ4n) is 1.62. The minimum atomic E-state index is -0.763. The van der Waals surface area contributed by atoms with Crippen LogP contribution in [0.2, 0.25) is 0 Å². The smallest absolute Gasteiger partial charge is 0.0948 e. The molecule has 1 aromatic heterocycles. The van der Waals surface area contributed by atoms with Crippen LogP contribution in [-0.2, 0) is 17.3 Å². The zero-order valence-corrected chi connectivity index (χ0v) is 11.9. The summed E-state index contributed by atoms with van der Waals surface area (Å²) in [6.07, 6.45) is 6.28. The second-order valence-electron chi connectivity index (χ2n) is 4.88. The Morgan fingerprint density at radius 3 is 2.65 bits per heavy atom. The van der Waals surface area contributed by atoms with E-state index in [2.05, 4.69) is 23.4 Å². The summed E-state index contributed by atoms with van der Waals surface area (Å²) in [7, 11) is -0.763. The molecule has 4 nitrogen and oxygen atoms in total. The Bertz CT molecular complexity index is 376. The van der Waals surface area contributed by atoms with Crippen molar-refractivity contribution in [1.82, 2.24) is 9.55 Å². The minimum Gasteiger partial charge on any atom is -0.333 e. The highest BCUT2D eigenvalue weighted by atomic mass is 32.2. The van der Waals surface area contributed by atoms with E-state index in [0.29, 0.717) is 5.92 Å². The second-order valence-corrected chi connectivity index (χ2v) is 6.68. The molecule has 3 atom stereocenters. The van der Waals surface area contributed by atoms with Crippen molar-refractivity contribution in [2.45, 2.75) is 45.0 Å². The van der Waals surface area contributed by atoms with Gasteiger partial charge in [0.15, 0.2) is 0 Å². The summed E-state index contributed by atoms with van der Waals surface area (Å²) in [4.78, 5) is 4.16. The Hall–Kier alpha value is -0.680. The van der Waals surface area contributed by atoms with Gasteiger partial charge in [-0.25, -0.2) is 4.98 Å². The van der Waals surface area contributed by atoms with E-state index in [1.165, 1.54) is 0 Å². The Morgan fingerprint density at radius 1 is 1.47 bits per heavy atom. The van der Waals surface area contributed by atoms with Gasteiger partial charge < -0.3 is 10.3 Å². The van der Waals surface area contributed by atoms with Crippen LogP contribution >= 0.6 is 0 Å². The predicted molar refractivity (Wildman–Crippen MR) is 72.1 cm³/mol. The standard InChI is InChI=1S/C12H23N3OS/c1-9(2)12(13)11-7-14-8-15(11)6-5-10(3)17(4)16/h7-10,12H,5-6,13H2,1-4H3. The fourth-order valence-corrected chi connectivity index (χ4v) is 2.06. The van der Waals surface area contributed by atoms with Crippen molar-refractivity contribution in [2.24, 2.45) is 11.7 Å². The van der Waals surface area contributed by atoms with Crippen molar-refractivity contribution in [2.75, 3.05) is 6.26 Å². The van der Waals surface area contributed by atoms with Gasteiger partial charge in [-0.1, -0.05) is 20.8 Å². The number of nitrogens with two attached hydrogens (primary N) is 1. The van der Waals surface area contributed by atoms with E-state index in [9.17, 15) is 4.21 Å². The fraction of sp³-hybridized carbons (Fsp3) is 0.750. The predicted octanol–water partition coefficient (Wildman–Crippen LogP) is 1.70. The van der Waals surface area contributed by atoms with Crippen LogP contribution in [0.4, 0.5) is 0 Å². The highest BCUT2D eigenvalue weighted by Gasteiger charge is 2.15. The maximum Gasteiger partial charge on any atom is 0.0948 e. The van der Waals surface area contributed by atoms with Gasteiger partial charge in [0.1, 0.15) is 0 Å². The molecule has 2 N–H and O–H groups in total. The van der Waals surface area contributed by atoms with Crippen molar-refractivity contribution in [3.8, 4) is 0 Å². The highest BCUT2D eigenvalue weighted by Crippen LogP contribution is 2.18. The van der Waals surface area contributed by atoms with E-state index < -0.39 is 10.8 Å². The Balaban J connectivity index is 2.66. The molecule has 0 spiro atoms. The summed E-state index contributed by atoms with van der Waals surface area (Å²) in [5, 5.41) is 0.209. The van der Waals surface area contributed by atoms with Crippen LogP contribution in [0.5, 0.6) is 0 Å². The quantitative estimate of drug-likeness (QED) is 0.843. The summed E-state index contributed by atoms with van der Waals surface area (Å²) >= 11 is 0. The molecule has 0 bridgehead atoms. The molecule has 3 unspecified atom stereocenters. The normalized spacial score (nSPS) is 17.1. The average Bonchev–Trinajstić information content (AvgIpc) is 2.72.